The Morgan fingerprint density at radius 3 is 1.32 bits per heavy atom. The SMILES string of the molecule is Oc1c(-c2ccncc2)cc(-c2cc(-c3ccccn3)nc(-c3ccccn3)c2)cc1-c1ccncc1. The van der Waals surface area contributed by atoms with E-state index >= 15 is 0 Å². The predicted molar refractivity (Wildman–Crippen MR) is 144 cm³/mol. The second-order valence-corrected chi connectivity index (χ2v) is 8.45. The number of rotatable bonds is 5. The van der Waals surface area contributed by atoms with Crippen molar-refractivity contribution in [2.75, 3.05) is 0 Å². The van der Waals surface area contributed by atoms with Crippen molar-refractivity contribution in [3.8, 4) is 61.9 Å². The van der Waals surface area contributed by atoms with Crippen LogP contribution in [0.1, 0.15) is 0 Å². The molecule has 0 saturated heterocycles. The van der Waals surface area contributed by atoms with E-state index in [-0.39, 0.29) is 5.75 Å². The molecule has 0 atom stereocenters. The Balaban J connectivity index is 1.61. The minimum absolute atomic E-state index is 0.199. The van der Waals surface area contributed by atoms with Crippen LogP contribution in [0.2, 0.25) is 0 Å². The van der Waals surface area contributed by atoms with Crippen molar-refractivity contribution in [3.63, 3.8) is 0 Å². The molecule has 0 aliphatic heterocycles. The van der Waals surface area contributed by atoms with Crippen molar-refractivity contribution in [2.45, 2.75) is 0 Å². The molecular weight excluding hydrogens is 458 g/mol. The molecule has 176 valence electrons. The average Bonchev–Trinajstić information content (AvgIpc) is 2.99. The highest BCUT2D eigenvalue weighted by Crippen LogP contribution is 2.42. The van der Waals surface area contributed by atoms with E-state index in [2.05, 4.69) is 19.9 Å². The molecule has 0 aliphatic carbocycles. The van der Waals surface area contributed by atoms with Crippen LogP contribution in [0.5, 0.6) is 5.75 Å². The van der Waals surface area contributed by atoms with Crippen molar-refractivity contribution in [1.82, 2.24) is 24.9 Å². The molecule has 5 heterocycles. The van der Waals surface area contributed by atoms with E-state index in [0.29, 0.717) is 11.1 Å². The summed E-state index contributed by atoms with van der Waals surface area (Å²) in [5, 5.41) is 11.4. The Labute approximate surface area is 214 Å². The van der Waals surface area contributed by atoms with Crippen LogP contribution in [-0.2, 0) is 0 Å². The van der Waals surface area contributed by atoms with Crippen LogP contribution in [0.15, 0.2) is 122 Å². The molecule has 6 aromatic rings. The van der Waals surface area contributed by atoms with E-state index in [1.54, 1.807) is 37.2 Å². The van der Waals surface area contributed by atoms with Gasteiger partial charge in [0, 0.05) is 48.3 Å². The molecule has 5 aromatic heterocycles. The Morgan fingerprint density at radius 2 is 0.892 bits per heavy atom. The van der Waals surface area contributed by atoms with Crippen LogP contribution in [0, 0.1) is 0 Å². The molecule has 6 rings (SSSR count). The number of phenols is 1. The summed E-state index contributed by atoms with van der Waals surface area (Å²) in [6.45, 7) is 0. The molecule has 37 heavy (non-hydrogen) atoms. The minimum Gasteiger partial charge on any atom is -0.507 e. The first-order valence-corrected chi connectivity index (χ1v) is 11.8. The highest BCUT2D eigenvalue weighted by atomic mass is 16.3. The lowest BCUT2D eigenvalue weighted by molar-refractivity contribution is 0.479. The van der Waals surface area contributed by atoms with Gasteiger partial charge < -0.3 is 5.11 Å². The van der Waals surface area contributed by atoms with Crippen LogP contribution < -0.4 is 0 Å². The third-order valence-corrected chi connectivity index (χ3v) is 6.11. The lowest BCUT2D eigenvalue weighted by Crippen LogP contribution is -1.95. The maximum Gasteiger partial charge on any atom is 0.131 e. The fourth-order valence-corrected chi connectivity index (χ4v) is 4.29. The van der Waals surface area contributed by atoms with E-state index < -0.39 is 0 Å². The molecule has 1 aromatic carbocycles. The zero-order chi connectivity index (χ0) is 25.0. The van der Waals surface area contributed by atoms with Gasteiger partial charge in [-0.1, -0.05) is 12.1 Å². The maximum absolute atomic E-state index is 11.4. The van der Waals surface area contributed by atoms with Gasteiger partial charge in [0.2, 0.25) is 0 Å². The Morgan fingerprint density at radius 1 is 0.432 bits per heavy atom. The van der Waals surface area contributed by atoms with Gasteiger partial charge >= 0.3 is 0 Å². The normalized spacial score (nSPS) is 10.8. The van der Waals surface area contributed by atoms with Gasteiger partial charge in [-0.3, -0.25) is 19.9 Å². The van der Waals surface area contributed by atoms with E-state index in [9.17, 15) is 5.11 Å². The summed E-state index contributed by atoms with van der Waals surface area (Å²) in [5.74, 6) is 0.199. The number of benzene rings is 1. The molecule has 0 amide bonds. The molecule has 6 heteroatoms. The molecule has 0 aliphatic rings. The Hall–Kier alpha value is -5.23. The smallest absolute Gasteiger partial charge is 0.131 e. The number of nitrogens with zero attached hydrogens (tertiary/aromatic N) is 5. The standard InChI is InChI=1S/C31H21N5O/c37-31-25(21-7-13-32-14-8-21)17-23(18-26(31)22-9-15-33-16-10-22)24-19-29(27-5-1-3-11-34-27)36-30(20-24)28-6-2-4-12-35-28/h1-20,37H. The molecule has 0 radical (unpaired) electrons. The van der Waals surface area contributed by atoms with Gasteiger partial charge in [-0.2, -0.15) is 0 Å². The van der Waals surface area contributed by atoms with Crippen LogP contribution in [0.4, 0.5) is 0 Å². The number of pyridine rings is 5. The monoisotopic (exact) mass is 479 g/mol. The Bertz CT molecular complexity index is 1540. The molecular formula is C31H21N5O. The van der Waals surface area contributed by atoms with E-state index in [4.69, 9.17) is 4.98 Å². The zero-order valence-electron chi connectivity index (χ0n) is 19.7. The summed E-state index contributed by atoms with van der Waals surface area (Å²) in [6.07, 6.45) is 10.4. The second kappa shape index (κ2) is 9.79. The van der Waals surface area contributed by atoms with Crippen molar-refractivity contribution in [1.29, 1.82) is 0 Å². The van der Waals surface area contributed by atoms with Crippen LogP contribution in [0.25, 0.3) is 56.2 Å². The average molecular weight is 480 g/mol. The van der Waals surface area contributed by atoms with Gasteiger partial charge in [-0.25, -0.2) is 4.98 Å². The van der Waals surface area contributed by atoms with E-state index in [1.165, 1.54) is 0 Å². The van der Waals surface area contributed by atoms with Gasteiger partial charge in [0.15, 0.2) is 0 Å². The van der Waals surface area contributed by atoms with Crippen LogP contribution in [0.3, 0.4) is 0 Å². The number of aromatic nitrogens is 5. The maximum atomic E-state index is 11.4. The summed E-state index contributed by atoms with van der Waals surface area (Å²) >= 11 is 0. The van der Waals surface area contributed by atoms with Crippen molar-refractivity contribution in [3.05, 3.63) is 122 Å². The van der Waals surface area contributed by atoms with Gasteiger partial charge in [-0.15, -0.1) is 0 Å². The molecule has 6 nitrogen and oxygen atoms in total. The summed E-state index contributed by atoms with van der Waals surface area (Å²) < 4.78 is 0. The Kier molecular flexibility index (Phi) is 5.89. The van der Waals surface area contributed by atoms with Gasteiger partial charge in [-0.05, 0) is 95.1 Å². The summed E-state index contributed by atoms with van der Waals surface area (Å²) in [6, 6.07) is 27.1. The van der Waals surface area contributed by atoms with Crippen LogP contribution in [-0.4, -0.2) is 30.0 Å². The van der Waals surface area contributed by atoms with Gasteiger partial charge in [0.05, 0.1) is 22.8 Å². The van der Waals surface area contributed by atoms with E-state index in [0.717, 1.165) is 45.0 Å². The third kappa shape index (κ3) is 4.56. The minimum atomic E-state index is 0.199. The summed E-state index contributed by atoms with van der Waals surface area (Å²) in [5.41, 5.74) is 8.03. The first-order chi connectivity index (χ1) is 18.3. The lowest BCUT2D eigenvalue weighted by Gasteiger charge is -2.15. The van der Waals surface area contributed by atoms with Gasteiger partial charge in [0.25, 0.3) is 0 Å². The topological polar surface area (TPSA) is 84.7 Å². The van der Waals surface area contributed by atoms with Crippen molar-refractivity contribution in [2.24, 2.45) is 0 Å². The first-order valence-electron chi connectivity index (χ1n) is 11.8. The first kappa shape index (κ1) is 22.2. The molecule has 1 N–H and O–H groups in total. The number of hydrogen-bond donors (Lipinski definition) is 1. The highest BCUT2D eigenvalue weighted by Gasteiger charge is 2.17. The number of hydrogen-bond acceptors (Lipinski definition) is 6. The molecule has 0 unspecified atom stereocenters. The molecule has 0 spiro atoms. The molecule has 0 fully saturated rings. The van der Waals surface area contributed by atoms with Crippen molar-refractivity contribution >= 4 is 0 Å². The molecule has 0 bridgehead atoms. The van der Waals surface area contributed by atoms with E-state index in [1.807, 2.05) is 84.9 Å². The predicted octanol–water partition coefficient (Wildman–Crippen LogP) is 6.70. The fraction of sp³-hybridized carbons (Fsp3) is 0. The lowest BCUT2D eigenvalue weighted by atomic mass is 9.92. The largest absolute Gasteiger partial charge is 0.507 e. The van der Waals surface area contributed by atoms with Gasteiger partial charge in [0.1, 0.15) is 5.75 Å². The third-order valence-electron chi connectivity index (χ3n) is 6.11. The van der Waals surface area contributed by atoms with Crippen molar-refractivity contribution < 1.29 is 5.11 Å². The van der Waals surface area contributed by atoms with Crippen LogP contribution >= 0.6 is 0 Å². The molecule has 0 saturated carbocycles. The fourth-order valence-electron chi connectivity index (χ4n) is 4.29. The second-order valence-electron chi connectivity index (χ2n) is 8.45. The number of aromatic hydroxyl groups is 1. The summed E-state index contributed by atoms with van der Waals surface area (Å²) in [7, 11) is 0. The zero-order valence-corrected chi connectivity index (χ0v) is 19.7. The number of phenolic OH excluding ortho intramolecular Hbond substituents is 1. The summed E-state index contributed by atoms with van der Waals surface area (Å²) in [4.78, 5) is 22.2. The quantitative estimate of drug-likeness (QED) is 0.296. The highest BCUT2D eigenvalue weighted by molar-refractivity contribution is 5.88.